The van der Waals surface area contributed by atoms with Gasteiger partial charge in [0.1, 0.15) is 0 Å². The fourth-order valence-corrected chi connectivity index (χ4v) is 2.55. The Morgan fingerprint density at radius 2 is 2.04 bits per heavy atom. The van der Waals surface area contributed by atoms with Crippen LogP contribution in [0, 0.1) is 0 Å². The summed E-state index contributed by atoms with van der Waals surface area (Å²) in [4.78, 5) is 11.5. The minimum atomic E-state index is -1.22. The van der Waals surface area contributed by atoms with Crippen LogP contribution in [0.15, 0.2) is 18.2 Å². The molecule has 0 unspecified atom stereocenters. The Labute approximate surface area is 133 Å². The van der Waals surface area contributed by atoms with Gasteiger partial charge in [0.25, 0.3) is 0 Å². The Hall–Kier alpha value is -2.03. The Morgan fingerprint density at radius 3 is 2.65 bits per heavy atom. The van der Waals surface area contributed by atoms with E-state index in [9.17, 15) is 20.1 Å². The number of alkyl carbamates (subject to hydrolysis) is 1. The molecule has 1 aromatic rings. The lowest BCUT2D eigenvalue weighted by molar-refractivity contribution is -0.000160. The van der Waals surface area contributed by atoms with Crippen molar-refractivity contribution in [1.82, 2.24) is 5.32 Å². The van der Waals surface area contributed by atoms with E-state index in [0.29, 0.717) is 17.1 Å². The molecule has 0 saturated heterocycles. The molecule has 8 heteroatoms. The molecular formula is C15H21NO7. The number of carbonyl (C=O) groups is 1. The molecule has 0 fully saturated rings. The lowest BCUT2D eigenvalue weighted by Gasteiger charge is -2.32. The number of rotatable bonds is 6. The predicted molar refractivity (Wildman–Crippen MR) is 79.4 cm³/mol. The molecule has 0 aliphatic carbocycles. The number of benzene rings is 1. The van der Waals surface area contributed by atoms with Crippen LogP contribution in [0.3, 0.4) is 0 Å². The maximum Gasteiger partial charge on any atom is 0.407 e. The van der Waals surface area contributed by atoms with Crippen molar-refractivity contribution >= 4 is 6.09 Å². The summed E-state index contributed by atoms with van der Waals surface area (Å²) in [5.41, 5.74) is 0.582. The van der Waals surface area contributed by atoms with Gasteiger partial charge in [-0.05, 0) is 24.6 Å². The van der Waals surface area contributed by atoms with Crippen LogP contribution in [-0.4, -0.2) is 60.2 Å². The third kappa shape index (κ3) is 3.84. The van der Waals surface area contributed by atoms with Gasteiger partial charge in [0.2, 0.25) is 6.79 Å². The highest BCUT2D eigenvalue weighted by Crippen LogP contribution is 2.36. The van der Waals surface area contributed by atoms with E-state index in [0.717, 1.165) is 0 Å². The van der Waals surface area contributed by atoms with Gasteiger partial charge in [-0.1, -0.05) is 6.07 Å². The van der Waals surface area contributed by atoms with E-state index >= 15 is 0 Å². The highest BCUT2D eigenvalue weighted by atomic mass is 16.7. The number of hydrogen-bond donors (Lipinski definition) is 4. The van der Waals surface area contributed by atoms with Gasteiger partial charge in [0, 0.05) is 5.92 Å². The first-order valence-corrected chi connectivity index (χ1v) is 7.19. The van der Waals surface area contributed by atoms with E-state index in [1.165, 1.54) is 14.0 Å². The number of methoxy groups -OCH3 is 1. The molecule has 0 aromatic heterocycles. The van der Waals surface area contributed by atoms with Gasteiger partial charge < -0.3 is 34.8 Å². The van der Waals surface area contributed by atoms with Crippen LogP contribution in [0.4, 0.5) is 4.79 Å². The predicted octanol–water partition coefficient (Wildman–Crippen LogP) is -0.0425. The van der Waals surface area contributed by atoms with Gasteiger partial charge in [-0.2, -0.15) is 0 Å². The van der Waals surface area contributed by atoms with E-state index in [2.05, 4.69) is 10.1 Å². The summed E-state index contributed by atoms with van der Waals surface area (Å²) in [6.07, 6.45) is -3.03. The molecule has 0 saturated carbocycles. The molecule has 23 heavy (non-hydrogen) atoms. The summed E-state index contributed by atoms with van der Waals surface area (Å²) in [5, 5.41) is 32.2. The van der Waals surface area contributed by atoms with E-state index < -0.39 is 36.9 Å². The monoisotopic (exact) mass is 327 g/mol. The molecule has 1 aliphatic rings. The fraction of sp³-hybridized carbons (Fsp3) is 0.533. The number of hydrogen-bond acceptors (Lipinski definition) is 7. The largest absolute Gasteiger partial charge is 0.454 e. The molecule has 0 spiro atoms. The van der Waals surface area contributed by atoms with Crippen LogP contribution >= 0.6 is 0 Å². The van der Waals surface area contributed by atoms with Crippen molar-refractivity contribution in [2.45, 2.75) is 31.1 Å². The van der Waals surface area contributed by atoms with E-state index in [1.54, 1.807) is 18.2 Å². The molecule has 0 bridgehead atoms. The smallest absolute Gasteiger partial charge is 0.407 e. The minimum absolute atomic E-state index is 0.103. The first-order valence-electron chi connectivity index (χ1n) is 7.19. The van der Waals surface area contributed by atoms with E-state index in [1.807, 2.05) is 0 Å². The maximum absolute atomic E-state index is 11.5. The molecule has 128 valence electrons. The number of aliphatic hydroxyl groups is 3. The van der Waals surface area contributed by atoms with Crippen molar-refractivity contribution in [3.05, 3.63) is 23.8 Å². The zero-order valence-electron chi connectivity index (χ0n) is 12.9. The average molecular weight is 327 g/mol. The standard InChI is InChI=1S/C15H21NO7/c1-8(18)14(19)13(10(6-17)16-15(20)21-2)9-3-4-11-12(5-9)23-7-22-11/h3-5,8,10,13-14,17-19H,6-7H2,1-2H3,(H,16,20)/t8-,10+,13-,14+/m1/s1. The third-order valence-electron chi connectivity index (χ3n) is 3.76. The topological polar surface area (TPSA) is 117 Å². The van der Waals surface area contributed by atoms with Gasteiger partial charge in [-0.3, -0.25) is 0 Å². The molecular weight excluding hydrogens is 306 g/mol. The molecule has 1 aromatic carbocycles. The second kappa shape index (κ2) is 7.49. The molecule has 4 atom stereocenters. The summed E-state index contributed by atoms with van der Waals surface area (Å²) < 4.78 is 15.1. The fourth-order valence-electron chi connectivity index (χ4n) is 2.55. The SMILES string of the molecule is COC(=O)N[C@@H](CO)[C@@H](c1ccc2c(c1)OCO2)[C@@H](O)[C@@H](C)O. The van der Waals surface area contributed by atoms with Crippen molar-refractivity contribution in [3.8, 4) is 11.5 Å². The summed E-state index contributed by atoms with van der Waals surface area (Å²) in [7, 11) is 1.20. The van der Waals surface area contributed by atoms with Gasteiger partial charge in [-0.15, -0.1) is 0 Å². The maximum atomic E-state index is 11.5. The summed E-state index contributed by atoms with van der Waals surface area (Å²) >= 11 is 0. The van der Waals surface area contributed by atoms with Crippen LogP contribution in [0.5, 0.6) is 11.5 Å². The van der Waals surface area contributed by atoms with Gasteiger partial charge in [0.15, 0.2) is 11.5 Å². The van der Waals surface area contributed by atoms with Crippen molar-refractivity contribution in [2.75, 3.05) is 20.5 Å². The summed E-state index contributed by atoms with van der Waals surface area (Å²) in [5.74, 6) is 0.300. The van der Waals surface area contributed by atoms with Crippen LogP contribution in [0.2, 0.25) is 0 Å². The van der Waals surface area contributed by atoms with Crippen molar-refractivity contribution in [2.24, 2.45) is 0 Å². The first-order chi connectivity index (χ1) is 11.0. The van der Waals surface area contributed by atoms with Crippen LogP contribution < -0.4 is 14.8 Å². The minimum Gasteiger partial charge on any atom is -0.454 e. The number of aliphatic hydroxyl groups excluding tert-OH is 3. The highest BCUT2D eigenvalue weighted by molar-refractivity contribution is 5.67. The van der Waals surface area contributed by atoms with Gasteiger partial charge >= 0.3 is 6.09 Å². The Morgan fingerprint density at radius 1 is 1.35 bits per heavy atom. The molecule has 1 aliphatic heterocycles. The molecule has 0 radical (unpaired) electrons. The molecule has 2 rings (SSSR count). The summed E-state index contributed by atoms with van der Waals surface area (Å²) in [6.45, 7) is 1.08. The normalized spacial score (nSPS) is 18.0. The molecule has 4 N–H and O–H groups in total. The number of ether oxygens (including phenoxy) is 3. The molecule has 1 amide bonds. The Kier molecular flexibility index (Phi) is 5.64. The summed E-state index contributed by atoms with van der Waals surface area (Å²) in [6, 6.07) is 4.16. The number of nitrogens with one attached hydrogen (secondary N) is 1. The van der Waals surface area contributed by atoms with Gasteiger partial charge in [0.05, 0.1) is 32.0 Å². The van der Waals surface area contributed by atoms with Crippen LogP contribution in [-0.2, 0) is 4.74 Å². The lowest BCUT2D eigenvalue weighted by Crippen LogP contribution is -2.48. The van der Waals surface area contributed by atoms with Crippen molar-refractivity contribution in [3.63, 3.8) is 0 Å². The quantitative estimate of drug-likeness (QED) is 0.579. The lowest BCUT2D eigenvalue weighted by atomic mass is 9.84. The third-order valence-corrected chi connectivity index (χ3v) is 3.76. The number of amides is 1. The second-order valence-electron chi connectivity index (χ2n) is 5.29. The van der Waals surface area contributed by atoms with Crippen LogP contribution in [0.1, 0.15) is 18.4 Å². The van der Waals surface area contributed by atoms with Crippen molar-refractivity contribution < 1.29 is 34.3 Å². The van der Waals surface area contributed by atoms with Crippen LogP contribution in [0.25, 0.3) is 0 Å². The Bertz CT molecular complexity index is 549. The Balaban J connectivity index is 2.34. The van der Waals surface area contributed by atoms with Crippen molar-refractivity contribution in [1.29, 1.82) is 0 Å². The van der Waals surface area contributed by atoms with Gasteiger partial charge in [-0.25, -0.2) is 4.79 Å². The first kappa shape index (κ1) is 17.3. The number of fused-ring (bicyclic) bond motifs is 1. The van der Waals surface area contributed by atoms with E-state index in [-0.39, 0.29) is 6.79 Å². The highest BCUT2D eigenvalue weighted by Gasteiger charge is 2.34. The second-order valence-corrected chi connectivity index (χ2v) is 5.29. The average Bonchev–Trinajstić information content (AvgIpc) is 3.01. The molecule has 1 heterocycles. The molecule has 8 nitrogen and oxygen atoms in total. The zero-order chi connectivity index (χ0) is 17.0. The van der Waals surface area contributed by atoms with E-state index in [4.69, 9.17) is 9.47 Å². The zero-order valence-corrected chi connectivity index (χ0v) is 12.9. The number of carbonyl (C=O) groups excluding carboxylic acids is 1.